The third kappa shape index (κ3) is 4.35. The zero-order chi connectivity index (χ0) is 14.4. The average Bonchev–Trinajstić information content (AvgIpc) is 2.43. The van der Waals surface area contributed by atoms with E-state index >= 15 is 0 Å². The van der Waals surface area contributed by atoms with Crippen molar-refractivity contribution >= 4 is 5.91 Å². The number of nitrogens with two attached hydrogens (primary N) is 1. The zero-order valence-electron chi connectivity index (χ0n) is 12.5. The number of aryl methyl sites for hydroxylation is 1. The summed E-state index contributed by atoms with van der Waals surface area (Å²) < 4.78 is 0. The summed E-state index contributed by atoms with van der Waals surface area (Å²) >= 11 is 0. The van der Waals surface area contributed by atoms with Gasteiger partial charge in [0.2, 0.25) is 5.91 Å². The van der Waals surface area contributed by atoms with Crippen LogP contribution in [0.15, 0.2) is 24.3 Å². The molecule has 0 bridgehead atoms. The first-order valence-electron chi connectivity index (χ1n) is 7.10. The molecule has 106 valence electrons. The Bertz CT molecular complexity index is 400. The number of carbonyl (C=O) groups excluding carboxylic acids is 1. The van der Waals surface area contributed by atoms with Crippen molar-refractivity contribution in [1.82, 2.24) is 4.90 Å². The first kappa shape index (κ1) is 15.7. The highest BCUT2D eigenvalue weighted by Crippen LogP contribution is 2.15. The van der Waals surface area contributed by atoms with Crippen LogP contribution in [-0.4, -0.2) is 23.9 Å². The predicted octanol–water partition coefficient (Wildman–Crippen LogP) is 2.89. The maximum absolute atomic E-state index is 12.4. The molecule has 1 rings (SSSR count). The Balaban J connectivity index is 2.76. The molecule has 0 spiro atoms. The Hall–Kier alpha value is -1.35. The van der Waals surface area contributed by atoms with Gasteiger partial charge >= 0.3 is 0 Å². The van der Waals surface area contributed by atoms with E-state index in [2.05, 4.69) is 13.8 Å². The van der Waals surface area contributed by atoms with E-state index in [1.54, 1.807) is 0 Å². The fraction of sp³-hybridized carbons (Fsp3) is 0.562. The van der Waals surface area contributed by atoms with E-state index in [4.69, 9.17) is 5.73 Å². The van der Waals surface area contributed by atoms with Gasteiger partial charge in [-0.3, -0.25) is 4.79 Å². The Morgan fingerprint density at radius 1 is 1.26 bits per heavy atom. The van der Waals surface area contributed by atoms with Crippen LogP contribution in [0.4, 0.5) is 0 Å². The molecule has 2 atom stereocenters. The third-order valence-electron chi connectivity index (χ3n) is 3.62. The number of hydrogen-bond acceptors (Lipinski definition) is 2. The van der Waals surface area contributed by atoms with Gasteiger partial charge in [0.25, 0.3) is 0 Å². The first-order chi connectivity index (χ1) is 8.99. The number of benzene rings is 1. The molecule has 0 saturated heterocycles. The number of amides is 1. The van der Waals surface area contributed by atoms with Crippen molar-refractivity contribution in [2.45, 2.75) is 40.2 Å². The topological polar surface area (TPSA) is 46.3 Å². The normalized spacial score (nSPS) is 13.9. The second kappa shape index (κ2) is 7.29. The molecule has 19 heavy (non-hydrogen) atoms. The van der Waals surface area contributed by atoms with E-state index in [0.717, 1.165) is 18.5 Å². The lowest BCUT2D eigenvalue weighted by Crippen LogP contribution is -2.40. The van der Waals surface area contributed by atoms with Crippen LogP contribution in [0.25, 0.3) is 0 Å². The summed E-state index contributed by atoms with van der Waals surface area (Å²) in [6.07, 6.45) is 1.07. The van der Waals surface area contributed by atoms with Crippen LogP contribution in [-0.2, 0) is 4.79 Å². The van der Waals surface area contributed by atoms with Crippen molar-refractivity contribution in [3.63, 3.8) is 0 Å². The van der Waals surface area contributed by atoms with Crippen LogP contribution in [0.3, 0.4) is 0 Å². The fourth-order valence-electron chi connectivity index (χ4n) is 1.99. The maximum Gasteiger partial charge on any atom is 0.244 e. The van der Waals surface area contributed by atoms with Crippen LogP contribution in [0.5, 0.6) is 0 Å². The molecule has 0 aliphatic heterocycles. The van der Waals surface area contributed by atoms with E-state index in [1.807, 2.05) is 43.0 Å². The fourth-order valence-corrected chi connectivity index (χ4v) is 1.99. The van der Waals surface area contributed by atoms with Gasteiger partial charge in [-0.1, -0.05) is 50.1 Å². The van der Waals surface area contributed by atoms with E-state index < -0.39 is 6.04 Å². The number of likely N-dealkylation sites (N-methyl/N-ethyl adjacent to an activating group) is 1. The molecule has 1 aromatic rings. The number of hydrogen-bond donors (Lipinski definition) is 1. The highest BCUT2D eigenvalue weighted by atomic mass is 16.2. The SMILES string of the molecule is CCC(C)CN(CC)C(=O)C(N)c1ccc(C)cc1. The molecule has 0 fully saturated rings. The van der Waals surface area contributed by atoms with Crippen molar-refractivity contribution in [2.75, 3.05) is 13.1 Å². The summed E-state index contributed by atoms with van der Waals surface area (Å²) in [6, 6.07) is 7.31. The van der Waals surface area contributed by atoms with Gasteiger partial charge in [0.05, 0.1) is 0 Å². The van der Waals surface area contributed by atoms with Gasteiger partial charge in [0.1, 0.15) is 6.04 Å². The van der Waals surface area contributed by atoms with Gasteiger partial charge in [0.15, 0.2) is 0 Å². The van der Waals surface area contributed by atoms with E-state index in [-0.39, 0.29) is 5.91 Å². The first-order valence-corrected chi connectivity index (χ1v) is 7.10. The largest absolute Gasteiger partial charge is 0.341 e. The molecule has 3 heteroatoms. The monoisotopic (exact) mass is 262 g/mol. The molecule has 0 aliphatic carbocycles. The quantitative estimate of drug-likeness (QED) is 0.857. The lowest BCUT2D eigenvalue weighted by molar-refractivity contribution is -0.133. The highest BCUT2D eigenvalue weighted by molar-refractivity contribution is 5.83. The van der Waals surface area contributed by atoms with Gasteiger partial charge in [-0.25, -0.2) is 0 Å². The second-order valence-corrected chi connectivity index (χ2v) is 5.28. The van der Waals surface area contributed by atoms with Crippen LogP contribution < -0.4 is 5.73 Å². The summed E-state index contributed by atoms with van der Waals surface area (Å²) in [4.78, 5) is 14.3. The molecule has 2 unspecified atom stereocenters. The smallest absolute Gasteiger partial charge is 0.244 e. The van der Waals surface area contributed by atoms with Crippen molar-refractivity contribution in [1.29, 1.82) is 0 Å². The van der Waals surface area contributed by atoms with E-state index in [0.29, 0.717) is 12.5 Å². The van der Waals surface area contributed by atoms with Crippen molar-refractivity contribution in [2.24, 2.45) is 11.7 Å². The molecule has 0 radical (unpaired) electrons. The van der Waals surface area contributed by atoms with Gasteiger partial charge in [-0.15, -0.1) is 0 Å². The zero-order valence-corrected chi connectivity index (χ0v) is 12.5. The van der Waals surface area contributed by atoms with Crippen molar-refractivity contribution in [3.8, 4) is 0 Å². The number of nitrogens with zero attached hydrogens (tertiary/aromatic N) is 1. The minimum atomic E-state index is -0.551. The second-order valence-electron chi connectivity index (χ2n) is 5.28. The number of carbonyl (C=O) groups is 1. The Morgan fingerprint density at radius 2 is 1.84 bits per heavy atom. The molecule has 1 aromatic carbocycles. The average molecular weight is 262 g/mol. The van der Waals surface area contributed by atoms with Crippen LogP contribution >= 0.6 is 0 Å². The predicted molar refractivity (Wildman–Crippen MR) is 79.8 cm³/mol. The van der Waals surface area contributed by atoms with Gasteiger partial charge in [-0.05, 0) is 25.3 Å². The molecule has 0 heterocycles. The molecular weight excluding hydrogens is 236 g/mol. The lowest BCUT2D eigenvalue weighted by Gasteiger charge is -2.27. The number of rotatable bonds is 6. The van der Waals surface area contributed by atoms with Gasteiger partial charge < -0.3 is 10.6 Å². The van der Waals surface area contributed by atoms with Crippen LogP contribution in [0, 0.1) is 12.8 Å². The molecular formula is C16H26N2O. The summed E-state index contributed by atoms with van der Waals surface area (Å²) in [5.41, 5.74) is 8.15. The minimum absolute atomic E-state index is 0.0200. The molecule has 2 N–H and O–H groups in total. The van der Waals surface area contributed by atoms with Gasteiger partial charge in [-0.2, -0.15) is 0 Å². The summed E-state index contributed by atoms with van der Waals surface area (Å²) in [7, 11) is 0. The molecule has 1 amide bonds. The Kier molecular flexibility index (Phi) is 6.03. The Labute approximate surface area is 116 Å². The summed E-state index contributed by atoms with van der Waals surface area (Å²) in [5, 5.41) is 0. The lowest BCUT2D eigenvalue weighted by atomic mass is 10.0. The van der Waals surface area contributed by atoms with Gasteiger partial charge in [0, 0.05) is 13.1 Å². The molecule has 0 aromatic heterocycles. The summed E-state index contributed by atoms with van der Waals surface area (Å²) in [6.45, 7) is 9.82. The third-order valence-corrected chi connectivity index (χ3v) is 3.62. The van der Waals surface area contributed by atoms with E-state index in [1.165, 1.54) is 5.56 Å². The molecule has 0 saturated carbocycles. The van der Waals surface area contributed by atoms with Crippen LogP contribution in [0.1, 0.15) is 44.4 Å². The highest BCUT2D eigenvalue weighted by Gasteiger charge is 2.22. The molecule has 0 aliphatic rings. The Morgan fingerprint density at radius 3 is 2.32 bits per heavy atom. The molecule has 3 nitrogen and oxygen atoms in total. The van der Waals surface area contributed by atoms with E-state index in [9.17, 15) is 4.79 Å². The van der Waals surface area contributed by atoms with Crippen molar-refractivity contribution in [3.05, 3.63) is 35.4 Å². The minimum Gasteiger partial charge on any atom is -0.341 e. The summed E-state index contributed by atoms with van der Waals surface area (Å²) in [5.74, 6) is 0.528. The van der Waals surface area contributed by atoms with Crippen molar-refractivity contribution < 1.29 is 4.79 Å². The van der Waals surface area contributed by atoms with Crippen LogP contribution in [0.2, 0.25) is 0 Å². The standard InChI is InChI=1S/C16H26N2O/c1-5-12(3)11-18(6-2)16(19)15(17)14-9-7-13(4)8-10-14/h7-10,12,15H,5-6,11,17H2,1-4H3. The maximum atomic E-state index is 12.4.